The van der Waals surface area contributed by atoms with Gasteiger partial charge < -0.3 is 10.4 Å². The first-order valence-electron chi connectivity index (χ1n) is 6.63. The molecule has 0 aliphatic rings. The fourth-order valence-corrected chi connectivity index (χ4v) is 3.68. The van der Waals surface area contributed by atoms with Crippen LogP contribution in [0.1, 0.15) is 31.9 Å². The lowest BCUT2D eigenvalue weighted by molar-refractivity contribution is 0.0940. The number of amides is 1. The maximum atomic E-state index is 12.1. The molecular weight excluding hydrogens is 302 g/mol. The van der Waals surface area contributed by atoms with Crippen LogP contribution in [0.3, 0.4) is 0 Å². The molecule has 2 rings (SSSR count). The highest BCUT2D eigenvalue weighted by Gasteiger charge is 2.12. The Labute approximate surface area is 132 Å². The van der Waals surface area contributed by atoms with Gasteiger partial charge in [0.2, 0.25) is 0 Å². The van der Waals surface area contributed by atoms with Crippen molar-refractivity contribution in [3.8, 4) is 11.8 Å². The molecule has 110 valence electrons. The van der Waals surface area contributed by atoms with Crippen LogP contribution in [-0.2, 0) is 6.42 Å². The summed E-state index contributed by atoms with van der Waals surface area (Å²) < 4.78 is 0. The fraction of sp³-hybridized carbons (Fsp3) is 0.312. The Kier molecular flexibility index (Phi) is 5.57. The van der Waals surface area contributed by atoms with E-state index in [1.165, 1.54) is 21.1 Å². The van der Waals surface area contributed by atoms with Gasteiger partial charge in [0.05, 0.1) is 10.4 Å². The molecule has 0 radical (unpaired) electrons. The quantitative estimate of drug-likeness (QED) is 0.852. The summed E-state index contributed by atoms with van der Waals surface area (Å²) in [6.45, 7) is 3.92. The second-order valence-electron chi connectivity index (χ2n) is 4.75. The molecule has 0 fully saturated rings. The van der Waals surface area contributed by atoms with Crippen LogP contribution >= 0.6 is 22.7 Å². The lowest BCUT2D eigenvalue weighted by Gasteiger charge is -2.12. The fourth-order valence-electron chi connectivity index (χ4n) is 1.90. The van der Waals surface area contributed by atoms with Crippen molar-refractivity contribution in [2.75, 3.05) is 6.61 Å². The van der Waals surface area contributed by atoms with Crippen molar-refractivity contribution in [2.24, 2.45) is 0 Å². The van der Waals surface area contributed by atoms with Crippen molar-refractivity contribution in [1.82, 2.24) is 5.32 Å². The van der Waals surface area contributed by atoms with Gasteiger partial charge in [-0.3, -0.25) is 4.79 Å². The predicted molar refractivity (Wildman–Crippen MR) is 88.0 cm³/mol. The normalized spacial score (nSPS) is 11.6. The summed E-state index contributed by atoms with van der Waals surface area (Å²) in [5.41, 5.74) is 0.622. The summed E-state index contributed by atoms with van der Waals surface area (Å²) >= 11 is 3.17. The third kappa shape index (κ3) is 4.71. The number of aryl methyl sites for hydroxylation is 1. The number of carbonyl (C=O) groups is 1. The maximum absolute atomic E-state index is 12.1. The number of aliphatic hydroxyl groups is 1. The van der Waals surface area contributed by atoms with Crippen LogP contribution in [-0.4, -0.2) is 23.7 Å². The molecule has 2 aromatic rings. The Morgan fingerprint density at radius 3 is 2.95 bits per heavy atom. The van der Waals surface area contributed by atoms with Crippen LogP contribution in [0.2, 0.25) is 0 Å². The number of rotatable bonds is 4. The lowest BCUT2D eigenvalue weighted by Crippen LogP contribution is -2.33. The van der Waals surface area contributed by atoms with Crippen molar-refractivity contribution in [2.45, 2.75) is 26.3 Å². The van der Waals surface area contributed by atoms with Gasteiger partial charge in [-0.05, 0) is 32.0 Å². The number of hydrogen-bond donors (Lipinski definition) is 2. The molecule has 1 unspecified atom stereocenters. The molecule has 0 bridgehead atoms. The van der Waals surface area contributed by atoms with Gasteiger partial charge in [0.1, 0.15) is 6.61 Å². The smallest absolute Gasteiger partial charge is 0.252 e. The second-order valence-corrected chi connectivity index (χ2v) is 7.03. The Hall–Kier alpha value is -1.61. The number of carbonyl (C=O) groups excluding carboxylic acids is 1. The van der Waals surface area contributed by atoms with Crippen LogP contribution in [0, 0.1) is 18.8 Å². The molecule has 2 N–H and O–H groups in total. The highest BCUT2D eigenvalue weighted by Crippen LogP contribution is 2.17. The van der Waals surface area contributed by atoms with Crippen LogP contribution in [0.25, 0.3) is 0 Å². The SMILES string of the molecule is Cc1ccc(CC(C)NC(=O)c2csc(C#CCO)c2)s1. The van der Waals surface area contributed by atoms with E-state index in [1.807, 2.05) is 6.92 Å². The molecule has 0 aliphatic carbocycles. The third-order valence-corrected chi connectivity index (χ3v) is 4.70. The Morgan fingerprint density at radius 1 is 1.48 bits per heavy atom. The molecule has 5 heteroatoms. The van der Waals surface area contributed by atoms with E-state index in [0.29, 0.717) is 5.56 Å². The predicted octanol–water partition coefficient (Wildman–Crippen LogP) is 2.82. The Morgan fingerprint density at radius 2 is 2.29 bits per heavy atom. The molecule has 21 heavy (non-hydrogen) atoms. The molecule has 0 aromatic carbocycles. The monoisotopic (exact) mass is 319 g/mol. The van der Waals surface area contributed by atoms with E-state index in [4.69, 9.17) is 5.11 Å². The third-order valence-electron chi connectivity index (χ3n) is 2.83. The van der Waals surface area contributed by atoms with Gasteiger partial charge in [-0.25, -0.2) is 0 Å². The van der Waals surface area contributed by atoms with Crippen molar-refractivity contribution >= 4 is 28.6 Å². The van der Waals surface area contributed by atoms with Gasteiger partial charge in [0.25, 0.3) is 5.91 Å². The van der Waals surface area contributed by atoms with E-state index in [9.17, 15) is 4.79 Å². The lowest BCUT2D eigenvalue weighted by atomic mass is 10.2. The summed E-state index contributed by atoms with van der Waals surface area (Å²) in [6, 6.07) is 6.04. The van der Waals surface area contributed by atoms with Crippen molar-refractivity contribution in [3.05, 3.63) is 43.8 Å². The summed E-state index contributed by atoms with van der Waals surface area (Å²) in [4.78, 5) is 15.5. The minimum atomic E-state index is -0.170. The van der Waals surface area contributed by atoms with Crippen LogP contribution in [0.4, 0.5) is 0 Å². The molecular formula is C16H17NO2S2. The average Bonchev–Trinajstić information content (AvgIpc) is 3.05. The highest BCUT2D eigenvalue weighted by molar-refractivity contribution is 7.12. The first kappa shape index (κ1) is 15.8. The number of nitrogens with one attached hydrogen (secondary N) is 1. The van der Waals surface area contributed by atoms with Gasteiger partial charge in [0, 0.05) is 27.6 Å². The van der Waals surface area contributed by atoms with Gasteiger partial charge in [-0.2, -0.15) is 0 Å². The van der Waals surface area contributed by atoms with Gasteiger partial charge >= 0.3 is 0 Å². The van der Waals surface area contributed by atoms with Crippen molar-refractivity contribution < 1.29 is 9.90 Å². The van der Waals surface area contributed by atoms with E-state index in [0.717, 1.165) is 11.3 Å². The zero-order chi connectivity index (χ0) is 15.2. The van der Waals surface area contributed by atoms with Crippen LogP contribution in [0.15, 0.2) is 23.6 Å². The van der Waals surface area contributed by atoms with E-state index in [2.05, 4.69) is 36.2 Å². The molecule has 3 nitrogen and oxygen atoms in total. The summed E-state index contributed by atoms with van der Waals surface area (Å²) in [6.07, 6.45) is 0.839. The summed E-state index contributed by atoms with van der Waals surface area (Å²) in [7, 11) is 0. The van der Waals surface area contributed by atoms with E-state index in [1.54, 1.807) is 22.8 Å². The molecule has 2 aromatic heterocycles. The molecule has 0 aliphatic heterocycles. The minimum Gasteiger partial charge on any atom is -0.384 e. The molecule has 0 saturated heterocycles. The maximum Gasteiger partial charge on any atom is 0.252 e. The molecule has 0 saturated carbocycles. The van der Waals surface area contributed by atoms with Crippen molar-refractivity contribution in [1.29, 1.82) is 0 Å². The van der Waals surface area contributed by atoms with Gasteiger partial charge in [-0.1, -0.05) is 11.8 Å². The van der Waals surface area contributed by atoms with Crippen molar-refractivity contribution in [3.63, 3.8) is 0 Å². The van der Waals surface area contributed by atoms with Crippen LogP contribution < -0.4 is 5.32 Å². The summed E-state index contributed by atoms with van der Waals surface area (Å²) in [5, 5.41) is 13.4. The van der Waals surface area contributed by atoms with E-state index in [-0.39, 0.29) is 18.6 Å². The first-order valence-corrected chi connectivity index (χ1v) is 8.32. The highest BCUT2D eigenvalue weighted by atomic mass is 32.1. The Bertz CT molecular complexity index is 676. The standard InChI is InChI=1S/C16H17NO2S2/c1-11(8-15-6-5-12(2)21-15)17-16(19)13-9-14(20-10-13)4-3-7-18/h5-6,9-11,18H,7-8H2,1-2H3,(H,17,19). The first-order chi connectivity index (χ1) is 10.1. The van der Waals surface area contributed by atoms with Gasteiger partial charge in [0.15, 0.2) is 0 Å². The minimum absolute atomic E-state index is 0.0796. The van der Waals surface area contributed by atoms with Crippen LogP contribution in [0.5, 0.6) is 0 Å². The molecule has 2 heterocycles. The molecule has 0 spiro atoms. The zero-order valence-electron chi connectivity index (χ0n) is 12.0. The number of hydrogen-bond acceptors (Lipinski definition) is 4. The zero-order valence-corrected chi connectivity index (χ0v) is 13.6. The topological polar surface area (TPSA) is 49.3 Å². The molecule has 1 atom stereocenters. The van der Waals surface area contributed by atoms with Gasteiger partial charge in [-0.15, -0.1) is 22.7 Å². The Balaban J connectivity index is 1.92. The largest absolute Gasteiger partial charge is 0.384 e. The second kappa shape index (κ2) is 7.41. The number of aliphatic hydroxyl groups excluding tert-OH is 1. The number of thiophene rings is 2. The summed E-state index contributed by atoms with van der Waals surface area (Å²) in [5.74, 6) is 5.30. The molecule has 1 amide bonds. The average molecular weight is 319 g/mol. The van der Waals surface area contributed by atoms with E-state index >= 15 is 0 Å². The van der Waals surface area contributed by atoms with E-state index < -0.39 is 0 Å².